The van der Waals surface area contributed by atoms with Crippen molar-refractivity contribution >= 4 is 23.3 Å². The van der Waals surface area contributed by atoms with Crippen LogP contribution in [0.1, 0.15) is 43.9 Å². The summed E-state index contributed by atoms with van der Waals surface area (Å²) in [7, 11) is 0. The molecule has 7 nitrogen and oxygen atoms in total. The molecular formula is C21H24N2O5. The number of hydrogen-bond donors (Lipinski definition) is 1. The van der Waals surface area contributed by atoms with Gasteiger partial charge in [0.1, 0.15) is 5.69 Å². The van der Waals surface area contributed by atoms with Crippen LogP contribution in [0.4, 0.5) is 11.4 Å². The monoisotopic (exact) mass is 384 g/mol. The summed E-state index contributed by atoms with van der Waals surface area (Å²) >= 11 is 0. The van der Waals surface area contributed by atoms with Crippen molar-refractivity contribution in [3.63, 3.8) is 0 Å². The largest absolute Gasteiger partial charge is 0.447 e. The van der Waals surface area contributed by atoms with Crippen LogP contribution in [0.5, 0.6) is 0 Å². The maximum Gasteiger partial charge on any atom is 0.306 e. The number of nitrogens with one attached hydrogen (secondary N) is 1. The summed E-state index contributed by atoms with van der Waals surface area (Å²) in [6.45, 7) is 5.71. The van der Waals surface area contributed by atoms with Crippen molar-refractivity contribution in [1.82, 2.24) is 0 Å². The molecule has 2 aromatic rings. The van der Waals surface area contributed by atoms with Crippen molar-refractivity contribution in [2.75, 3.05) is 5.32 Å². The zero-order valence-corrected chi connectivity index (χ0v) is 16.2. The van der Waals surface area contributed by atoms with Gasteiger partial charge in [0.25, 0.3) is 11.6 Å². The van der Waals surface area contributed by atoms with Crippen LogP contribution in [-0.4, -0.2) is 16.8 Å². The first kappa shape index (κ1) is 21.1. The second-order valence-electron chi connectivity index (χ2n) is 6.98. The van der Waals surface area contributed by atoms with E-state index in [2.05, 4.69) is 5.32 Å². The molecule has 0 unspecified atom stereocenters. The molecule has 148 valence electrons. The fraction of sp³-hybridized carbons (Fsp3) is 0.333. The number of amides is 1. The fourth-order valence-electron chi connectivity index (χ4n) is 2.59. The van der Waals surface area contributed by atoms with E-state index in [1.807, 2.05) is 13.8 Å². The van der Waals surface area contributed by atoms with Crippen LogP contribution in [0.15, 0.2) is 48.5 Å². The summed E-state index contributed by atoms with van der Waals surface area (Å²) in [6.07, 6.45) is -0.355. The summed E-state index contributed by atoms with van der Waals surface area (Å²) in [5, 5.41) is 13.8. The number of esters is 1. The van der Waals surface area contributed by atoms with E-state index >= 15 is 0 Å². The van der Waals surface area contributed by atoms with Gasteiger partial charge in [0.05, 0.1) is 4.92 Å². The molecule has 0 radical (unpaired) electrons. The first-order valence-corrected chi connectivity index (χ1v) is 9.08. The van der Waals surface area contributed by atoms with Crippen LogP contribution < -0.4 is 5.32 Å². The van der Waals surface area contributed by atoms with E-state index in [0.717, 1.165) is 0 Å². The second-order valence-corrected chi connectivity index (χ2v) is 6.98. The highest BCUT2D eigenvalue weighted by atomic mass is 16.6. The molecule has 0 bridgehead atoms. The molecule has 0 heterocycles. The van der Waals surface area contributed by atoms with E-state index in [0.29, 0.717) is 23.5 Å². The SMILES string of the molecule is Cc1ccc(NC(=O)[C@@H](OC(=O)CCC(C)C)c2ccccc2)c([N+](=O)[O-])c1. The molecular weight excluding hydrogens is 360 g/mol. The van der Waals surface area contributed by atoms with Gasteiger partial charge in [-0.2, -0.15) is 0 Å². The summed E-state index contributed by atoms with van der Waals surface area (Å²) in [5.74, 6) is -0.807. The number of benzene rings is 2. The summed E-state index contributed by atoms with van der Waals surface area (Å²) in [5.41, 5.74) is 1.03. The third-order valence-corrected chi connectivity index (χ3v) is 4.12. The molecule has 28 heavy (non-hydrogen) atoms. The fourth-order valence-corrected chi connectivity index (χ4v) is 2.59. The van der Waals surface area contributed by atoms with Gasteiger partial charge in [0.2, 0.25) is 6.10 Å². The Morgan fingerprint density at radius 3 is 2.43 bits per heavy atom. The Kier molecular flexibility index (Phi) is 7.26. The molecule has 7 heteroatoms. The van der Waals surface area contributed by atoms with Gasteiger partial charge in [-0.05, 0) is 30.9 Å². The van der Waals surface area contributed by atoms with Gasteiger partial charge in [-0.25, -0.2) is 0 Å². The molecule has 0 saturated heterocycles. The highest BCUT2D eigenvalue weighted by molar-refractivity contribution is 5.97. The van der Waals surface area contributed by atoms with Gasteiger partial charge >= 0.3 is 5.97 Å². The first-order valence-electron chi connectivity index (χ1n) is 9.08. The van der Waals surface area contributed by atoms with Gasteiger partial charge in [0, 0.05) is 18.1 Å². The van der Waals surface area contributed by atoms with Crippen LogP contribution in [0.25, 0.3) is 0 Å². The number of nitro benzene ring substituents is 1. The standard InChI is InChI=1S/C21H24N2O5/c1-14(2)9-12-19(24)28-20(16-7-5-4-6-8-16)21(25)22-17-11-10-15(3)13-18(17)23(26)27/h4-8,10-11,13-14,20H,9,12H2,1-3H3,(H,22,25)/t20-/m0/s1. The predicted octanol–water partition coefficient (Wildman–Crippen LogP) is 4.56. The van der Waals surface area contributed by atoms with E-state index < -0.39 is 22.9 Å². The van der Waals surface area contributed by atoms with Crippen molar-refractivity contribution in [3.05, 3.63) is 69.8 Å². The minimum absolute atomic E-state index is 0.0553. The van der Waals surface area contributed by atoms with E-state index in [9.17, 15) is 19.7 Å². The smallest absolute Gasteiger partial charge is 0.306 e. The number of aryl methyl sites for hydroxylation is 1. The van der Waals surface area contributed by atoms with Gasteiger partial charge in [-0.15, -0.1) is 0 Å². The highest BCUT2D eigenvalue weighted by Crippen LogP contribution is 2.28. The topological polar surface area (TPSA) is 98.5 Å². The van der Waals surface area contributed by atoms with Crippen LogP contribution >= 0.6 is 0 Å². The highest BCUT2D eigenvalue weighted by Gasteiger charge is 2.27. The Hall–Kier alpha value is -3.22. The van der Waals surface area contributed by atoms with Crippen LogP contribution in [0.2, 0.25) is 0 Å². The lowest BCUT2D eigenvalue weighted by molar-refractivity contribution is -0.384. The van der Waals surface area contributed by atoms with Gasteiger partial charge in [-0.1, -0.05) is 50.2 Å². The zero-order valence-electron chi connectivity index (χ0n) is 16.2. The lowest BCUT2D eigenvalue weighted by atomic mass is 10.1. The summed E-state index contributed by atoms with van der Waals surface area (Å²) in [4.78, 5) is 35.8. The predicted molar refractivity (Wildman–Crippen MR) is 106 cm³/mol. The van der Waals surface area contributed by atoms with Crippen molar-refractivity contribution in [3.8, 4) is 0 Å². The molecule has 0 aliphatic carbocycles. The summed E-state index contributed by atoms with van der Waals surface area (Å²) < 4.78 is 5.42. The normalized spacial score (nSPS) is 11.7. The number of rotatable bonds is 8. The molecule has 1 amide bonds. The summed E-state index contributed by atoms with van der Waals surface area (Å²) in [6, 6.07) is 13.1. The third kappa shape index (κ3) is 5.90. The molecule has 2 aromatic carbocycles. The molecule has 0 aliphatic rings. The molecule has 0 aliphatic heterocycles. The number of nitro groups is 1. The second kappa shape index (κ2) is 9.64. The molecule has 0 spiro atoms. The van der Waals surface area contributed by atoms with Gasteiger partial charge < -0.3 is 10.1 Å². The molecule has 2 rings (SSSR count). The lowest BCUT2D eigenvalue weighted by Crippen LogP contribution is -2.26. The lowest BCUT2D eigenvalue weighted by Gasteiger charge is -2.18. The average molecular weight is 384 g/mol. The van der Waals surface area contributed by atoms with Crippen molar-refractivity contribution in [2.24, 2.45) is 5.92 Å². The number of anilines is 1. The Morgan fingerprint density at radius 2 is 1.82 bits per heavy atom. The number of hydrogen-bond acceptors (Lipinski definition) is 5. The molecule has 1 N–H and O–H groups in total. The molecule has 0 fully saturated rings. The Labute approximate surface area is 163 Å². The average Bonchev–Trinajstić information content (AvgIpc) is 2.66. The molecule has 0 saturated carbocycles. The van der Waals surface area contributed by atoms with E-state index in [1.54, 1.807) is 43.3 Å². The minimum atomic E-state index is -1.19. The first-order chi connectivity index (χ1) is 13.3. The van der Waals surface area contributed by atoms with Crippen molar-refractivity contribution in [2.45, 2.75) is 39.7 Å². The van der Waals surface area contributed by atoms with E-state index in [-0.39, 0.29) is 17.8 Å². The maximum absolute atomic E-state index is 12.8. The maximum atomic E-state index is 12.8. The van der Waals surface area contributed by atoms with Crippen LogP contribution in [0.3, 0.4) is 0 Å². The van der Waals surface area contributed by atoms with E-state index in [1.165, 1.54) is 12.1 Å². The van der Waals surface area contributed by atoms with Crippen LogP contribution in [0, 0.1) is 23.0 Å². The molecule has 0 aromatic heterocycles. The number of carbonyl (C=O) groups is 2. The van der Waals surface area contributed by atoms with Gasteiger partial charge in [-0.3, -0.25) is 19.7 Å². The number of nitrogens with zero attached hydrogens (tertiary/aromatic N) is 1. The quantitative estimate of drug-likeness (QED) is 0.408. The van der Waals surface area contributed by atoms with Crippen molar-refractivity contribution in [1.29, 1.82) is 0 Å². The number of carbonyl (C=O) groups excluding carboxylic acids is 2. The number of ether oxygens (including phenoxy) is 1. The van der Waals surface area contributed by atoms with Gasteiger partial charge in [0.15, 0.2) is 0 Å². The van der Waals surface area contributed by atoms with Crippen LogP contribution in [-0.2, 0) is 14.3 Å². The Morgan fingerprint density at radius 1 is 1.14 bits per heavy atom. The van der Waals surface area contributed by atoms with E-state index in [4.69, 9.17) is 4.74 Å². The Balaban J connectivity index is 2.25. The third-order valence-electron chi connectivity index (χ3n) is 4.12. The Bertz CT molecular complexity index is 849. The van der Waals surface area contributed by atoms with Crippen molar-refractivity contribution < 1.29 is 19.2 Å². The molecule has 1 atom stereocenters. The minimum Gasteiger partial charge on any atom is -0.447 e. The zero-order chi connectivity index (χ0) is 20.7.